The lowest BCUT2D eigenvalue weighted by Gasteiger charge is -2.32. The number of amides is 2. The fourth-order valence-electron chi connectivity index (χ4n) is 3.34. The van der Waals surface area contributed by atoms with Gasteiger partial charge in [0.15, 0.2) is 5.17 Å². The standard InChI is InChI=1S/C25H20ClFIN3O2S/c26-17-3-1-16(2-4-17)13-14-31-23(32)15-22(24(33)29-20-11-7-19(28)8-12-20)34-25(31)30-21-9-5-18(27)6-10-21/h1-12,22H,13-15H2,(H,29,33). The van der Waals surface area contributed by atoms with E-state index in [4.69, 9.17) is 11.6 Å². The Balaban J connectivity index is 1.54. The van der Waals surface area contributed by atoms with E-state index in [0.717, 1.165) is 9.13 Å². The number of nitrogens with one attached hydrogen (secondary N) is 1. The number of carbonyl (C=O) groups excluding carboxylic acids is 2. The van der Waals surface area contributed by atoms with E-state index < -0.39 is 5.25 Å². The third-order valence-corrected chi connectivity index (χ3v) is 7.29. The Bertz CT molecular complexity index is 1200. The van der Waals surface area contributed by atoms with Crippen molar-refractivity contribution in [2.75, 3.05) is 11.9 Å². The van der Waals surface area contributed by atoms with E-state index in [9.17, 15) is 14.0 Å². The van der Waals surface area contributed by atoms with E-state index in [1.165, 1.54) is 23.9 Å². The average molecular weight is 608 g/mol. The molecule has 2 amide bonds. The molecule has 1 saturated heterocycles. The van der Waals surface area contributed by atoms with Gasteiger partial charge in [0.2, 0.25) is 11.8 Å². The number of aliphatic imine (C=N–C) groups is 1. The molecule has 0 spiro atoms. The van der Waals surface area contributed by atoms with E-state index in [-0.39, 0.29) is 24.1 Å². The van der Waals surface area contributed by atoms with Gasteiger partial charge in [-0.1, -0.05) is 35.5 Å². The molecule has 1 unspecified atom stereocenters. The molecule has 1 atom stereocenters. The minimum Gasteiger partial charge on any atom is -0.325 e. The van der Waals surface area contributed by atoms with E-state index in [2.05, 4.69) is 32.9 Å². The van der Waals surface area contributed by atoms with Crippen molar-refractivity contribution in [3.63, 3.8) is 0 Å². The van der Waals surface area contributed by atoms with Crippen LogP contribution in [0.2, 0.25) is 5.02 Å². The van der Waals surface area contributed by atoms with Gasteiger partial charge in [-0.15, -0.1) is 0 Å². The van der Waals surface area contributed by atoms with Crippen molar-refractivity contribution in [2.45, 2.75) is 18.1 Å². The average Bonchev–Trinajstić information content (AvgIpc) is 2.82. The van der Waals surface area contributed by atoms with Gasteiger partial charge in [-0.25, -0.2) is 9.38 Å². The number of anilines is 1. The zero-order valence-corrected chi connectivity index (χ0v) is 21.6. The predicted molar refractivity (Wildman–Crippen MR) is 144 cm³/mol. The molecule has 5 nitrogen and oxygen atoms in total. The summed E-state index contributed by atoms with van der Waals surface area (Å²) in [6.07, 6.45) is 0.662. The molecular formula is C25H20ClFIN3O2S. The first-order chi connectivity index (χ1) is 16.4. The van der Waals surface area contributed by atoms with E-state index >= 15 is 0 Å². The second kappa shape index (κ2) is 11.3. The highest BCUT2D eigenvalue weighted by atomic mass is 127. The van der Waals surface area contributed by atoms with Gasteiger partial charge in [0, 0.05) is 27.2 Å². The van der Waals surface area contributed by atoms with Crippen LogP contribution in [0.5, 0.6) is 0 Å². The molecule has 174 valence electrons. The quantitative estimate of drug-likeness (QED) is 0.335. The summed E-state index contributed by atoms with van der Waals surface area (Å²) in [4.78, 5) is 32.2. The van der Waals surface area contributed by atoms with Crippen LogP contribution in [0.4, 0.5) is 15.8 Å². The maximum Gasteiger partial charge on any atom is 0.238 e. The number of hydrogen-bond acceptors (Lipinski definition) is 4. The number of halogens is 3. The first-order valence-electron chi connectivity index (χ1n) is 10.5. The molecule has 0 aliphatic carbocycles. The molecule has 1 N–H and O–H groups in total. The Labute approximate surface area is 219 Å². The first-order valence-corrected chi connectivity index (χ1v) is 12.8. The third kappa shape index (κ3) is 6.58. The molecule has 0 bridgehead atoms. The Kier molecular flexibility index (Phi) is 8.23. The van der Waals surface area contributed by atoms with Crippen LogP contribution in [-0.2, 0) is 16.0 Å². The first kappa shape index (κ1) is 24.7. The van der Waals surface area contributed by atoms with Crippen LogP contribution in [0.1, 0.15) is 12.0 Å². The number of amidine groups is 1. The van der Waals surface area contributed by atoms with E-state index in [0.29, 0.717) is 34.5 Å². The summed E-state index contributed by atoms with van der Waals surface area (Å²) >= 11 is 9.40. The van der Waals surface area contributed by atoms with Crippen LogP contribution in [0, 0.1) is 9.39 Å². The minimum absolute atomic E-state index is 0.0594. The number of carbonyl (C=O) groups is 2. The van der Waals surface area contributed by atoms with Crippen molar-refractivity contribution in [1.29, 1.82) is 0 Å². The maximum atomic E-state index is 13.4. The molecule has 3 aromatic rings. The third-order valence-electron chi connectivity index (χ3n) is 5.13. The van der Waals surface area contributed by atoms with Crippen molar-refractivity contribution < 1.29 is 14.0 Å². The highest BCUT2D eigenvalue weighted by molar-refractivity contribution is 14.1. The maximum absolute atomic E-state index is 13.4. The van der Waals surface area contributed by atoms with Crippen LogP contribution in [-0.4, -0.2) is 33.7 Å². The van der Waals surface area contributed by atoms with Gasteiger partial charge in [-0.05, 0) is 95.2 Å². The van der Waals surface area contributed by atoms with Gasteiger partial charge in [-0.2, -0.15) is 0 Å². The largest absolute Gasteiger partial charge is 0.325 e. The topological polar surface area (TPSA) is 61.8 Å². The van der Waals surface area contributed by atoms with Crippen LogP contribution < -0.4 is 5.32 Å². The highest BCUT2D eigenvalue weighted by Gasteiger charge is 2.35. The molecule has 1 heterocycles. The molecule has 1 aliphatic heterocycles. The lowest BCUT2D eigenvalue weighted by molar-refractivity contribution is -0.129. The summed E-state index contributed by atoms with van der Waals surface area (Å²) in [5, 5.41) is 3.31. The van der Waals surface area contributed by atoms with Gasteiger partial charge < -0.3 is 5.32 Å². The number of thioether (sulfide) groups is 1. The van der Waals surface area contributed by atoms with E-state index in [1.54, 1.807) is 17.0 Å². The van der Waals surface area contributed by atoms with Crippen LogP contribution >= 0.6 is 46.0 Å². The zero-order valence-electron chi connectivity index (χ0n) is 17.9. The van der Waals surface area contributed by atoms with Crippen molar-refractivity contribution in [3.8, 4) is 0 Å². The molecule has 1 aliphatic rings. The number of nitrogens with zero attached hydrogens (tertiary/aromatic N) is 2. The minimum atomic E-state index is -0.627. The Hall–Kier alpha value is -2.43. The summed E-state index contributed by atoms with van der Waals surface area (Å²) < 4.78 is 14.4. The number of hydrogen-bond donors (Lipinski definition) is 1. The molecule has 34 heavy (non-hydrogen) atoms. The second-order valence-electron chi connectivity index (χ2n) is 7.60. The highest BCUT2D eigenvalue weighted by Crippen LogP contribution is 2.30. The van der Waals surface area contributed by atoms with Gasteiger partial charge in [0.25, 0.3) is 0 Å². The normalized spacial score (nSPS) is 17.1. The molecular weight excluding hydrogens is 588 g/mol. The molecule has 0 aromatic heterocycles. The number of benzene rings is 3. The lowest BCUT2D eigenvalue weighted by atomic mass is 10.1. The molecule has 0 radical (unpaired) electrons. The number of rotatable bonds is 6. The summed E-state index contributed by atoms with van der Waals surface area (Å²) in [5.41, 5.74) is 2.20. The summed E-state index contributed by atoms with van der Waals surface area (Å²) in [6, 6.07) is 20.6. The molecule has 0 saturated carbocycles. The summed E-state index contributed by atoms with van der Waals surface area (Å²) in [7, 11) is 0. The Morgan fingerprint density at radius 3 is 2.44 bits per heavy atom. The molecule has 3 aromatic carbocycles. The van der Waals surface area contributed by atoms with Crippen molar-refractivity contribution >= 4 is 74.3 Å². The van der Waals surface area contributed by atoms with Gasteiger partial charge >= 0.3 is 0 Å². The van der Waals surface area contributed by atoms with Gasteiger partial charge in [0.1, 0.15) is 11.1 Å². The monoisotopic (exact) mass is 607 g/mol. The lowest BCUT2D eigenvalue weighted by Crippen LogP contribution is -2.46. The zero-order chi connectivity index (χ0) is 24.1. The fourth-order valence-corrected chi connectivity index (χ4v) is 4.95. The second-order valence-corrected chi connectivity index (χ2v) is 10.5. The fraction of sp³-hybridized carbons (Fsp3) is 0.160. The van der Waals surface area contributed by atoms with Crippen LogP contribution in [0.15, 0.2) is 77.8 Å². The molecule has 1 fully saturated rings. The Morgan fingerprint density at radius 2 is 1.76 bits per heavy atom. The molecule has 9 heteroatoms. The molecule has 4 rings (SSSR count). The smallest absolute Gasteiger partial charge is 0.238 e. The van der Waals surface area contributed by atoms with E-state index in [1.807, 2.05) is 48.5 Å². The van der Waals surface area contributed by atoms with Crippen molar-refractivity contribution in [1.82, 2.24) is 4.90 Å². The van der Waals surface area contributed by atoms with Gasteiger partial charge in [0.05, 0.1) is 5.69 Å². The Morgan fingerprint density at radius 1 is 1.09 bits per heavy atom. The SMILES string of the molecule is O=C(Nc1ccc(I)cc1)C1CC(=O)N(CCc2ccc(Cl)cc2)C(=Nc2ccc(F)cc2)S1. The van der Waals surface area contributed by atoms with Crippen molar-refractivity contribution in [2.24, 2.45) is 4.99 Å². The van der Waals surface area contributed by atoms with Crippen LogP contribution in [0.3, 0.4) is 0 Å². The van der Waals surface area contributed by atoms with Crippen molar-refractivity contribution in [3.05, 3.63) is 92.8 Å². The summed E-state index contributed by atoms with van der Waals surface area (Å²) in [6.45, 7) is 0.402. The summed E-state index contributed by atoms with van der Waals surface area (Å²) in [5.74, 6) is -0.814. The van der Waals surface area contributed by atoms with Crippen LogP contribution in [0.25, 0.3) is 0 Å². The van der Waals surface area contributed by atoms with Gasteiger partial charge in [-0.3, -0.25) is 14.5 Å². The predicted octanol–water partition coefficient (Wildman–Crippen LogP) is 6.29.